The van der Waals surface area contributed by atoms with E-state index in [1.165, 1.54) is 37.4 Å². The number of H-pyrrole nitrogens is 2. The maximum atomic E-state index is 15.5. The van der Waals surface area contributed by atoms with Crippen molar-refractivity contribution in [1.82, 2.24) is 61.5 Å². The van der Waals surface area contributed by atoms with Crippen LogP contribution >= 0.6 is 21.6 Å². The van der Waals surface area contributed by atoms with Gasteiger partial charge in [-0.05, 0) is 111 Å². The molecule has 3 aromatic heterocycles. The van der Waals surface area contributed by atoms with Gasteiger partial charge in [-0.15, -0.1) is 0 Å². The number of carboxylic acid groups (broad SMARTS) is 4. The minimum Gasteiger partial charge on any atom is -0.496 e. The van der Waals surface area contributed by atoms with Crippen molar-refractivity contribution in [3.8, 4) is 5.75 Å². The summed E-state index contributed by atoms with van der Waals surface area (Å²) in [6, 6.07) is 11.2. The number of nitrogens with zero attached hydrogens (tertiary/aromatic N) is 6. The second-order valence-corrected chi connectivity index (χ2v) is 37.7. The zero-order valence-electron chi connectivity index (χ0n) is 74.1. The van der Waals surface area contributed by atoms with E-state index in [0.717, 1.165) is 81.8 Å². The summed E-state index contributed by atoms with van der Waals surface area (Å²) in [6.07, 6.45) is 2.15. The molecule has 3 fully saturated rings. The number of amides is 5. The van der Waals surface area contributed by atoms with Gasteiger partial charge in [0.05, 0.1) is 79.4 Å². The maximum Gasteiger partial charge on any atom is 0.426 e. The summed E-state index contributed by atoms with van der Waals surface area (Å²) in [4.78, 5) is 212. The summed E-state index contributed by atoms with van der Waals surface area (Å²) in [7, 11) is 7.06. The molecule has 5 amide bonds. The maximum absolute atomic E-state index is 15.5. The number of para-hydroxylation sites is 1. The van der Waals surface area contributed by atoms with Crippen LogP contribution in [-0.2, 0) is 90.7 Å². The number of carboxylic acids is 4. The molecule has 6 aromatic rings. The minimum atomic E-state index is -2.70. The third-order valence-electron chi connectivity index (χ3n) is 27.0. The zero-order valence-corrected chi connectivity index (χ0v) is 75.7. The Kier molecular flexibility index (Phi) is 31.8. The Hall–Kier alpha value is -11.6. The van der Waals surface area contributed by atoms with Crippen LogP contribution in [0.5, 0.6) is 5.75 Å². The van der Waals surface area contributed by atoms with Crippen LogP contribution in [0.2, 0.25) is 0 Å². The highest BCUT2D eigenvalue weighted by atomic mass is 33.1. The van der Waals surface area contributed by atoms with Gasteiger partial charge in [-0.2, -0.15) is 4.98 Å². The Morgan fingerprint density at radius 2 is 1.51 bits per heavy atom. The lowest BCUT2D eigenvalue weighted by Gasteiger charge is -2.63. The lowest BCUT2D eigenvalue weighted by Crippen LogP contribution is -2.82. The first-order chi connectivity index (χ1) is 62.6. The highest BCUT2D eigenvalue weighted by Gasteiger charge is 2.79. The van der Waals surface area contributed by atoms with E-state index in [1.54, 1.807) is 21.3 Å². The zero-order chi connectivity index (χ0) is 94.6. The van der Waals surface area contributed by atoms with Crippen molar-refractivity contribution in [2.24, 2.45) is 29.1 Å². The number of rotatable bonds is 45. The number of anilines is 3. The van der Waals surface area contributed by atoms with Crippen LogP contribution in [0.25, 0.3) is 22.1 Å². The number of methoxy groups -OCH3 is 2. The molecule has 1 unspecified atom stereocenters. The van der Waals surface area contributed by atoms with Crippen LogP contribution in [0.1, 0.15) is 169 Å². The number of hydrogen-bond acceptors (Lipinski definition) is 30. The molecule has 39 nitrogen and oxygen atoms in total. The molecule has 8 heterocycles. The topological polar surface area (TPSA) is 575 Å². The van der Waals surface area contributed by atoms with E-state index in [0.29, 0.717) is 86.5 Å². The quantitative estimate of drug-likeness (QED) is 0.00762. The van der Waals surface area contributed by atoms with E-state index >= 15 is 4.79 Å². The number of nitrogens with one attached hydrogen (secondary N) is 8. The number of hydrogen-bond donors (Lipinski definition) is 15. The van der Waals surface area contributed by atoms with Crippen molar-refractivity contribution in [3.63, 3.8) is 0 Å². The van der Waals surface area contributed by atoms with E-state index in [-0.39, 0.29) is 72.7 Å². The van der Waals surface area contributed by atoms with Gasteiger partial charge in [0.15, 0.2) is 28.3 Å². The number of benzene rings is 3. The van der Waals surface area contributed by atoms with E-state index in [4.69, 9.17) is 24.7 Å². The number of aromatic amines is 2. The lowest BCUT2D eigenvalue weighted by molar-refractivity contribution is -0.204. The van der Waals surface area contributed by atoms with Crippen molar-refractivity contribution in [2.75, 3.05) is 94.7 Å². The van der Waals surface area contributed by atoms with Gasteiger partial charge >= 0.3 is 30.0 Å². The van der Waals surface area contributed by atoms with E-state index < -0.39 is 203 Å². The highest BCUT2D eigenvalue weighted by Crippen LogP contribution is 2.68. The number of piperidine rings is 1. The first kappa shape index (κ1) is 98.4. The number of unbranched alkanes of at least 4 members (excludes halogenated alkanes) is 2. The molecule has 5 aliphatic heterocycles. The number of hydrazine groups is 1. The molecule has 6 aliphatic rings. The van der Waals surface area contributed by atoms with Gasteiger partial charge in [0.1, 0.15) is 36.9 Å². The Balaban J connectivity index is 0.683. The summed E-state index contributed by atoms with van der Waals surface area (Å²) in [5, 5.41) is 78.5. The SMILES string of the molecule is CCCCC[C@H](CC(=O)[C@H](CSSCCOC(=O)NNC(=O)[C@@]1(O)[C@H](O)[C@]2(CC)C=CCN3CC[C@@]4(c5cc([C@@]6(COC=O)C[C@@H]7CN(CCc8c6[nH]c6ccccc86)C[C@@](CC)(OC)C7)c(OC)cc5N(C)[C@@H]14)[C@@H]32)NC(=O)[C@H](CC(=O)O)CC(=O)[C@H](CC(=O)O)NC(=O)[C@H](C)CC(=O)CC[C@H](NC(=O)c1ccc(NCc2cnc3nc(N)[nH]c(=O)c3n2)cc1)C(=O)O)C(=O)O. The van der Waals surface area contributed by atoms with Crippen molar-refractivity contribution in [1.29, 1.82) is 0 Å². The third-order valence-corrected chi connectivity index (χ3v) is 29.4. The van der Waals surface area contributed by atoms with Crippen LogP contribution in [-0.4, -0.2) is 269 Å². The van der Waals surface area contributed by atoms with Crippen LogP contribution in [0.3, 0.4) is 0 Å². The standard InChI is InChI=1S/C90H115N15O24S2/c1-8-11-12-16-52(78(118)119)34-67(109)64(98-76(116)53(36-69(110)111)35-66(108)63(38-70(112)113)97-74(114)49(4)33-56(107)23-24-62(79(120)121)96-75(115)51-19-21-54(22-20-51)92-42-55-43-93-73-71(94-55)77(117)100-84(91)99-73)45-131-130-32-31-129-85(124)102-101-83(123)90(125)81-89(27-30-105-28-15-26-87(10-3,80(89)105)82(90)122)59-37-60(68(126-6)39-65(59)103(81)5)88(47-128-48-106)41-50-40-86(9-2,127-7)46-104(44-50)29-25-58-57-17-13-14-18-61(57)95-72(58)88/h13-15,17-22,26,37,39,43,48-50,52-53,62-64,80-82,92,95,122,125H,8-12,16,23-25,27-36,38,40-42,44-47H2,1-7H3,(H,96,115)(H,97,114)(H,98,116)(H,101,123)(H,102,124)(H,110,111)(H,112,113)(H,118,119)(H,120,121)(H3,91,93,99,100,117)/t49-,50-,52-,53+,62+,63+,64+,80+,81-,82-,86+,87-,88+,89-,90+/m1/s1. The summed E-state index contributed by atoms with van der Waals surface area (Å²) in [5.41, 5.74) is 8.85. The molecule has 1 spiro atoms. The number of nitrogens with two attached hydrogens (primary N) is 1. The minimum absolute atomic E-state index is 0.00484. The number of likely N-dealkylation sites (N-methyl/N-ethyl adjacent to an activating group) is 1. The number of aromatic nitrogens is 5. The second-order valence-electron chi connectivity index (χ2n) is 35.1. The van der Waals surface area contributed by atoms with Gasteiger partial charge < -0.3 is 86.5 Å². The number of ketones is 3. The monoisotopic (exact) mass is 1850 g/mol. The Labute approximate surface area is 762 Å². The van der Waals surface area contributed by atoms with Crippen LogP contribution < -0.4 is 53.0 Å². The number of Topliss-reactive ketones (excluding diaryl/α,β-unsaturated/α-hetero) is 3. The van der Waals surface area contributed by atoms with Crippen LogP contribution in [0, 0.1) is 29.1 Å². The van der Waals surface area contributed by atoms with Crippen LogP contribution in [0.15, 0.2) is 83.8 Å². The highest BCUT2D eigenvalue weighted by molar-refractivity contribution is 8.76. The molecule has 706 valence electrons. The molecule has 3 aromatic carbocycles. The predicted molar refractivity (Wildman–Crippen MR) is 481 cm³/mol. The number of ether oxygens (including phenoxy) is 4. The molecular formula is C90H115N15O24S2. The van der Waals surface area contributed by atoms with Crippen molar-refractivity contribution in [2.45, 2.75) is 202 Å². The summed E-state index contributed by atoms with van der Waals surface area (Å²) in [6.45, 7) is 10.5. The largest absolute Gasteiger partial charge is 0.496 e. The van der Waals surface area contributed by atoms with Gasteiger partial charge in [-0.25, -0.2) is 25.0 Å². The fraction of sp³-hybridized carbons (Fsp3) is 0.544. The Morgan fingerprint density at radius 1 is 0.779 bits per heavy atom. The van der Waals surface area contributed by atoms with Crippen LogP contribution in [0.4, 0.5) is 22.1 Å². The Bertz CT molecular complexity index is 5400. The summed E-state index contributed by atoms with van der Waals surface area (Å²) >= 11 is 0. The van der Waals surface area contributed by atoms with Crippen molar-refractivity contribution in [3.05, 3.63) is 123 Å². The normalized spacial score (nSPS) is 24.2. The van der Waals surface area contributed by atoms with E-state index in [2.05, 4.69) is 85.9 Å². The number of aliphatic hydroxyl groups is 2. The van der Waals surface area contributed by atoms with E-state index in [9.17, 15) is 93.0 Å². The first-order valence-corrected chi connectivity index (χ1v) is 46.5. The molecule has 2 saturated heterocycles. The number of aliphatic carboxylic acids is 4. The molecule has 12 rings (SSSR count). The number of aliphatic hydroxyl groups excluding tert-OH is 1. The average molecular weight is 1860 g/mol. The van der Waals surface area contributed by atoms with Gasteiger partial charge in [0.25, 0.3) is 23.8 Å². The predicted octanol–water partition coefficient (Wildman–Crippen LogP) is 5.25. The fourth-order valence-electron chi connectivity index (χ4n) is 20.7. The smallest absolute Gasteiger partial charge is 0.426 e. The number of carbonyl (C=O) groups excluding carboxylic acids is 9. The molecule has 41 heteroatoms. The molecule has 0 radical (unpaired) electrons. The second kappa shape index (κ2) is 42.3. The lowest BCUT2D eigenvalue weighted by atomic mass is 9.47. The van der Waals surface area contributed by atoms with Gasteiger partial charge in [-0.3, -0.25) is 77.7 Å². The van der Waals surface area contributed by atoms with Crippen molar-refractivity contribution >= 4 is 138 Å². The third kappa shape index (κ3) is 21.0. The summed E-state index contributed by atoms with van der Waals surface area (Å²) < 4.78 is 24.5. The molecule has 1 saturated carbocycles. The van der Waals surface area contributed by atoms with E-state index in [1.807, 2.05) is 55.2 Å². The summed E-state index contributed by atoms with van der Waals surface area (Å²) in [5.74, 6) is -17.1. The number of nitrogen functional groups attached to an aromatic ring is 1. The molecule has 16 atom stereocenters. The average Bonchev–Trinajstić information content (AvgIpc) is 1.49. The number of carbonyl (C=O) groups is 13. The molecule has 16 N–H and O–H groups in total. The van der Waals surface area contributed by atoms with Gasteiger partial charge in [0.2, 0.25) is 17.8 Å². The van der Waals surface area contributed by atoms with Gasteiger partial charge in [-0.1, -0.05) is 98.9 Å². The molecule has 1 aliphatic carbocycles. The fourth-order valence-corrected chi connectivity index (χ4v) is 22.7. The molecule has 131 heavy (non-hydrogen) atoms. The molecule has 2 bridgehead atoms. The Morgan fingerprint density at radius 3 is 2.21 bits per heavy atom. The number of fused-ring (bicyclic) bond motifs is 7. The first-order valence-electron chi connectivity index (χ1n) is 44.0. The van der Waals surface area contributed by atoms with Gasteiger partial charge in [0, 0.05) is 145 Å². The van der Waals surface area contributed by atoms with Crippen molar-refractivity contribution < 1.29 is 112 Å². The molecular weight excluding hydrogens is 1740 g/mol.